The van der Waals surface area contributed by atoms with Crippen LogP contribution >= 0.6 is 0 Å². The molecule has 0 aliphatic carbocycles. The monoisotopic (exact) mass is 259 g/mol. The van der Waals surface area contributed by atoms with Gasteiger partial charge in [-0.15, -0.1) is 0 Å². The number of nitrogens with zero attached hydrogens (tertiary/aromatic N) is 2. The highest BCUT2D eigenvalue weighted by Crippen LogP contribution is 2.16. The smallest absolute Gasteiger partial charge is 0.258 e. The third-order valence-electron chi connectivity index (χ3n) is 2.32. The molecular weight excluding hydrogens is 252 g/mol. The van der Waals surface area contributed by atoms with Gasteiger partial charge in [0.1, 0.15) is 0 Å². The summed E-state index contributed by atoms with van der Waals surface area (Å²) >= 11 is 0. The Bertz CT molecular complexity index is 666. The van der Waals surface area contributed by atoms with E-state index >= 15 is 0 Å². The largest absolute Gasteiger partial charge is 0.320 e. The van der Waals surface area contributed by atoms with Crippen LogP contribution in [0.4, 0.5) is 14.5 Å². The highest BCUT2D eigenvalue weighted by atomic mass is 19.2. The number of nitriles is 1. The Hall–Kier alpha value is -2.81. The number of amides is 1. The number of carbonyl (C=O) groups excluding carboxylic acids is 1. The zero-order valence-corrected chi connectivity index (χ0v) is 9.52. The van der Waals surface area contributed by atoms with Crippen LogP contribution in [0.1, 0.15) is 15.9 Å². The van der Waals surface area contributed by atoms with E-state index in [4.69, 9.17) is 5.26 Å². The third kappa shape index (κ3) is 2.72. The molecule has 6 heteroatoms. The Labute approximate surface area is 107 Å². The topological polar surface area (TPSA) is 65.8 Å². The summed E-state index contributed by atoms with van der Waals surface area (Å²) in [5.41, 5.74) is -0.315. The SMILES string of the molecule is N#Cc1cc(F)c(F)c(C(=O)Nc2cccnc2)c1. The van der Waals surface area contributed by atoms with Crippen LogP contribution in [0.3, 0.4) is 0 Å². The van der Waals surface area contributed by atoms with Gasteiger partial charge in [-0.2, -0.15) is 5.26 Å². The number of hydrogen-bond donors (Lipinski definition) is 1. The van der Waals surface area contributed by atoms with E-state index in [1.54, 1.807) is 18.2 Å². The normalized spacial score (nSPS) is 9.74. The predicted octanol–water partition coefficient (Wildman–Crippen LogP) is 2.48. The number of aromatic nitrogens is 1. The van der Waals surface area contributed by atoms with Gasteiger partial charge in [0.2, 0.25) is 0 Å². The number of hydrogen-bond acceptors (Lipinski definition) is 3. The second-order valence-electron chi connectivity index (χ2n) is 3.63. The van der Waals surface area contributed by atoms with Crippen LogP contribution in [-0.2, 0) is 0 Å². The number of anilines is 1. The van der Waals surface area contributed by atoms with E-state index in [0.29, 0.717) is 5.69 Å². The van der Waals surface area contributed by atoms with Crippen LogP contribution in [0.25, 0.3) is 0 Å². The number of pyridine rings is 1. The van der Waals surface area contributed by atoms with Gasteiger partial charge >= 0.3 is 0 Å². The van der Waals surface area contributed by atoms with Crippen LogP contribution in [0.2, 0.25) is 0 Å². The molecule has 2 aromatic rings. The van der Waals surface area contributed by atoms with Gasteiger partial charge in [0.15, 0.2) is 11.6 Å². The predicted molar refractivity (Wildman–Crippen MR) is 63.3 cm³/mol. The van der Waals surface area contributed by atoms with E-state index in [-0.39, 0.29) is 5.56 Å². The molecule has 19 heavy (non-hydrogen) atoms. The van der Waals surface area contributed by atoms with Crippen molar-refractivity contribution in [1.29, 1.82) is 5.26 Å². The minimum absolute atomic E-state index is 0.129. The fourth-order valence-electron chi connectivity index (χ4n) is 1.45. The van der Waals surface area contributed by atoms with Gasteiger partial charge < -0.3 is 5.32 Å². The van der Waals surface area contributed by atoms with E-state index < -0.39 is 23.1 Å². The maximum Gasteiger partial charge on any atom is 0.258 e. The first kappa shape index (κ1) is 12.6. The Morgan fingerprint density at radius 2 is 2.16 bits per heavy atom. The minimum Gasteiger partial charge on any atom is -0.320 e. The molecule has 1 N–H and O–H groups in total. The second kappa shape index (κ2) is 5.23. The molecule has 0 aliphatic heterocycles. The van der Waals surface area contributed by atoms with Crippen molar-refractivity contribution < 1.29 is 13.6 Å². The zero-order chi connectivity index (χ0) is 13.8. The molecule has 0 unspecified atom stereocenters. The molecule has 1 amide bonds. The van der Waals surface area contributed by atoms with Gasteiger partial charge in [0, 0.05) is 6.20 Å². The molecule has 0 spiro atoms. The van der Waals surface area contributed by atoms with Crippen LogP contribution in [0.5, 0.6) is 0 Å². The van der Waals surface area contributed by atoms with E-state index in [0.717, 1.165) is 12.1 Å². The Morgan fingerprint density at radius 3 is 2.79 bits per heavy atom. The minimum atomic E-state index is -1.29. The van der Waals surface area contributed by atoms with Crippen molar-refractivity contribution in [3.63, 3.8) is 0 Å². The zero-order valence-electron chi connectivity index (χ0n) is 9.52. The summed E-state index contributed by atoms with van der Waals surface area (Å²) in [5, 5.41) is 11.0. The molecule has 1 aromatic heterocycles. The Balaban J connectivity index is 2.34. The van der Waals surface area contributed by atoms with Crippen molar-refractivity contribution in [3.05, 3.63) is 59.4 Å². The van der Waals surface area contributed by atoms with Gasteiger partial charge in [-0.05, 0) is 24.3 Å². The second-order valence-corrected chi connectivity index (χ2v) is 3.63. The maximum absolute atomic E-state index is 13.5. The van der Waals surface area contributed by atoms with Gasteiger partial charge in [0.05, 0.1) is 29.1 Å². The molecule has 0 atom stereocenters. The van der Waals surface area contributed by atoms with Crippen LogP contribution in [0, 0.1) is 23.0 Å². The van der Waals surface area contributed by atoms with Crippen molar-refractivity contribution in [2.45, 2.75) is 0 Å². The maximum atomic E-state index is 13.5. The van der Waals surface area contributed by atoms with Crippen molar-refractivity contribution in [1.82, 2.24) is 4.98 Å². The summed E-state index contributed by atoms with van der Waals surface area (Å²) < 4.78 is 26.7. The molecule has 0 saturated heterocycles. The number of rotatable bonds is 2. The first-order valence-electron chi connectivity index (χ1n) is 5.22. The van der Waals surface area contributed by atoms with E-state index in [9.17, 15) is 13.6 Å². The number of carbonyl (C=O) groups is 1. The molecular formula is C13H7F2N3O. The van der Waals surface area contributed by atoms with Crippen LogP contribution < -0.4 is 5.32 Å². The lowest BCUT2D eigenvalue weighted by molar-refractivity contribution is 0.102. The van der Waals surface area contributed by atoms with E-state index in [1.807, 2.05) is 0 Å². The Kier molecular flexibility index (Phi) is 3.48. The van der Waals surface area contributed by atoms with Crippen LogP contribution in [-0.4, -0.2) is 10.9 Å². The molecule has 0 bridgehead atoms. The lowest BCUT2D eigenvalue weighted by Crippen LogP contribution is -2.15. The standard InChI is InChI=1S/C13H7F2N3O/c14-11-5-8(6-16)4-10(12(11)15)13(19)18-9-2-1-3-17-7-9/h1-5,7H,(H,18,19). The quantitative estimate of drug-likeness (QED) is 0.901. The molecule has 0 radical (unpaired) electrons. The summed E-state index contributed by atoms with van der Waals surface area (Å²) in [5.74, 6) is -3.38. The summed E-state index contributed by atoms with van der Waals surface area (Å²) in [6.07, 6.45) is 2.87. The lowest BCUT2D eigenvalue weighted by atomic mass is 10.1. The van der Waals surface area contributed by atoms with Crippen LogP contribution in [0.15, 0.2) is 36.7 Å². The number of halogens is 2. The fraction of sp³-hybridized carbons (Fsp3) is 0. The first-order chi connectivity index (χ1) is 9.11. The van der Waals surface area contributed by atoms with Gasteiger partial charge in [-0.3, -0.25) is 9.78 Å². The number of benzene rings is 1. The average Bonchev–Trinajstić information content (AvgIpc) is 2.42. The Morgan fingerprint density at radius 1 is 1.37 bits per heavy atom. The van der Waals surface area contributed by atoms with Gasteiger partial charge in [-0.25, -0.2) is 8.78 Å². The highest BCUT2D eigenvalue weighted by molar-refractivity contribution is 6.04. The third-order valence-corrected chi connectivity index (χ3v) is 2.32. The number of nitrogens with one attached hydrogen (secondary N) is 1. The lowest BCUT2D eigenvalue weighted by Gasteiger charge is -2.06. The van der Waals surface area contributed by atoms with Gasteiger partial charge in [-0.1, -0.05) is 0 Å². The summed E-state index contributed by atoms with van der Waals surface area (Å²) in [7, 11) is 0. The molecule has 0 fully saturated rings. The first-order valence-corrected chi connectivity index (χ1v) is 5.22. The molecule has 2 rings (SSSR count). The molecule has 0 saturated carbocycles. The molecule has 94 valence electrons. The average molecular weight is 259 g/mol. The molecule has 4 nitrogen and oxygen atoms in total. The molecule has 1 heterocycles. The van der Waals surface area contributed by atoms with Crippen molar-refractivity contribution in [2.75, 3.05) is 5.32 Å². The van der Waals surface area contributed by atoms with E-state index in [2.05, 4.69) is 10.3 Å². The molecule has 1 aromatic carbocycles. The van der Waals surface area contributed by atoms with E-state index in [1.165, 1.54) is 12.4 Å². The highest BCUT2D eigenvalue weighted by Gasteiger charge is 2.17. The van der Waals surface area contributed by atoms with Crippen molar-refractivity contribution in [2.24, 2.45) is 0 Å². The molecule has 0 aliphatic rings. The summed E-state index contributed by atoms with van der Waals surface area (Å²) in [6, 6.07) is 6.51. The fourth-order valence-corrected chi connectivity index (χ4v) is 1.45. The summed E-state index contributed by atoms with van der Waals surface area (Å²) in [6.45, 7) is 0. The van der Waals surface area contributed by atoms with Crippen molar-refractivity contribution in [3.8, 4) is 6.07 Å². The van der Waals surface area contributed by atoms with Crippen molar-refractivity contribution >= 4 is 11.6 Å². The van der Waals surface area contributed by atoms with Gasteiger partial charge in [0.25, 0.3) is 5.91 Å². The summed E-state index contributed by atoms with van der Waals surface area (Å²) in [4.78, 5) is 15.6.